The van der Waals surface area contributed by atoms with E-state index in [0.29, 0.717) is 0 Å². The van der Waals surface area contributed by atoms with Crippen molar-refractivity contribution in [1.29, 1.82) is 0 Å². The fourth-order valence-corrected chi connectivity index (χ4v) is 3.39. The lowest BCUT2D eigenvalue weighted by atomic mass is 10.1. The molecule has 25 heavy (non-hydrogen) atoms. The van der Waals surface area contributed by atoms with Gasteiger partial charge >= 0.3 is 0 Å². The van der Waals surface area contributed by atoms with E-state index in [4.69, 9.17) is 24.4 Å². The minimum absolute atomic E-state index is 0. The molecule has 0 saturated carbocycles. The van der Waals surface area contributed by atoms with Gasteiger partial charge in [-0.15, -0.1) is 12.4 Å². The number of anilines is 3. The van der Waals surface area contributed by atoms with Crippen LogP contribution in [0.3, 0.4) is 0 Å². The van der Waals surface area contributed by atoms with Gasteiger partial charge in [0.25, 0.3) is 0 Å². The molecule has 140 valence electrons. The normalized spacial score (nSPS) is 21.8. The summed E-state index contributed by atoms with van der Waals surface area (Å²) >= 11 is 0. The lowest BCUT2D eigenvalue weighted by molar-refractivity contribution is 0.121. The van der Waals surface area contributed by atoms with Crippen LogP contribution in [0.4, 0.5) is 17.8 Å². The molecule has 0 bridgehead atoms. The Bertz CT molecular complexity index is 457. The average molecular weight is 371 g/mol. The summed E-state index contributed by atoms with van der Waals surface area (Å²) in [5.41, 5.74) is 0. The summed E-state index contributed by atoms with van der Waals surface area (Å²) < 4.78 is 10.9. The Morgan fingerprint density at radius 1 is 0.520 bits per heavy atom. The van der Waals surface area contributed by atoms with Crippen LogP contribution >= 0.6 is 12.4 Å². The van der Waals surface area contributed by atoms with Crippen molar-refractivity contribution >= 4 is 30.3 Å². The second-order valence-electron chi connectivity index (χ2n) is 6.48. The second-order valence-corrected chi connectivity index (χ2v) is 6.48. The first kappa shape index (κ1) is 18.4. The summed E-state index contributed by atoms with van der Waals surface area (Å²) in [5, 5.41) is 0. The molecule has 1 aromatic heterocycles. The number of aromatic nitrogens is 3. The van der Waals surface area contributed by atoms with Crippen LogP contribution < -0.4 is 14.7 Å². The molecule has 0 atom stereocenters. The lowest BCUT2D eigenvalue weighted by Crippen LogP contribution is -2.41. The third-order valence-electron chi connectivity index (χ3n) is 4.83. The van der Waals surface area contributed by atoms with Crippen LogP contribution in [0.5, 0.6) is 0 Å². The molecule has 0 unspecified atom stereocenters. The molecule has 0 spiro atoms. The van der Waals surface area contributed by atoms with Crippen LogP contribution in [0.25, 0.3) is 0 Å². The standard InChI is InChI=1S/C16H26N6O2.ClH/c1-2-4-20(5-3-1)14-17-15(21-6-10-23-11-7-21)19-16(18-14)22-8-12-24-13-9-22;/h1-13H2;1H. The highest BCUT2D eigenvalue weighted by Gasteiger charge is 2.23. The van der Waals surface area contributed by atoms with Crippen molar-refractivity contribution in [2.45, 2.75) is 19.3 Å². The average Bonchev–Trinajstić information content (AvgIpc) is 2.70. The molecule has 0 aromatic carbocycles. The number of rotatable bonds is 3. The van der Waals surface area contributed by atoms with E-state index in [9.17, 15) is 0 Å². The molecule has 0 N–H and O–H groups in total. The molecule has 3 fully saturated rings. The van der Waals surface area contributed by atoms with E-state index in [0.717, 1.165) is 83.5 Å². The molecular weight excluding hydrogens is 344 g/mol. The van der Waals surface area contributed by atoms with Crippen molar-refractivity contribution in [1.82, 2.24) is 15.0 Å². The predicted octanol–water partition coefficient (Wildman–Crippen LogP) is 0.957. The van der Waals surface area contributed by atoms with Crippen molar-refractivity contribution in [3.05, 3.63) is 0 Å². The molecule has 4 heterocycles. The first-order valence-corrected chi connectivity index (χ1v) is 9.06. The van der Waals surface area contributed by atoms with Gasteiger partial charge in [0.15, 0.2) is 0 Å². The first-order valence-electron chi connectivity index (χ1n) is 9.06. The number of halogens is 1. The number of morpholine rings is 2. The smallest absolute Gasteiger partial charge is 0.232 e. The summed E-state index contributed by atoms with van der Waals surface area (Å²) in [6.45, 7) is 8.37. The molecule has 0 amide bonds. The van der Waals surface area contributed by atoms with E-state index in [1.54, 1.807) is 0 Å². The SMILES string of the molecule is C1CCN(c2nc(N3CCOCC3)nc(N3CCOCC3)n2)CC1.Cl. The van der Waals surface area contributed by atoms with Crippen LogP contribution in [-0.4, -0.2) is 80.6 Å². The van der Waals surface area contributed by atoms with Gasteiger partial charge in [0, 0.05) is 39.3 Å². The van der Waals surface area contributed by atoms with Gasteiger partial charge in [0.1, 0.15) is 0 Å². The zero-order valence-electron chi connectivity index (χ0n) is 14.6. The highest BCUT2D eigenvalue weighted by molar-refractivity contribution is 5.85. The summed E-state index contributed by atoms with van der Waals surface area (Å²) in [6, 6.07) is 0. The molecule has 9 heteroatoms. The van der Waals surface area contributed by atoms with Gasteiger partial charge in [-0.3, -0.25) is 0 Å². The third kappa shape index (κ3) is 4.43. The number of hydrogen-bond acceptors (Lipinski definition) is 8. The van der Waals surface area contributed by atoms with Crippen LogP contribution in [0, 0.1) is 0 Å². The zero-order chi connectivity index (χ0) is 16.2. The van der Waals surface area contributed by atoms with Crippen molar-refractivity contribution in [3.8, 4) is 0 Å². The third-order valence-corrected chi connectivity index (χ3v) is 4.83. The van der Waals surface area contributed by atoms with E-state index in [1.807, 2.05) is 0 Å². The maximum Gasteiger partial charge on any atom is 0.232 e. The Hall–Kier alpha value is -1.38. The minimum Gasteiger partial charge on any atom is -0.378 e. The largest absolute Gasteiger partial charge is 0.378 e. The van der Waals surface area contributed by atoms with Gasteiger partial charge < -0.3 is 24.2 Å². The van der Waals surface area contributed by atoms with Gasteiger partial charge in [-0.2, -0.15) is 15.0 Å². The fourth-order valence-electron chi connectivity index (χ4n) is 3.39. The van der Waals surface area contributed by atoms with Gasteiger partial charge in [0.2, 0.25) is 17.8 Å². The molecule has 8 nitrogen and oxygen atoms in total. The van der Waals surface area contributed by atoms with E-state index in [-0.39, 0.29) is 12.4 Å². The molecule has 4 rings (SSSR count). The van der Waals surface area contributed by atoms with E-state index < -0.39 is 0 Å². The van der Waals surface area contributed by atoms with E-state index in [2.05, 4.69) is 14.7 Å². The van der Waals surface area contributed by atoms with Gasteiger partial charge in [-0.1, -0.05) is 0 Å². The fraction of sp³-hybridized carbons (Fsp3) is 0.812. The molecule has 0 radical (unpaired) electrons. The topological polar surface area (TPSA) is 66.9 Å². The molecule has 3 saturated heterocycles. The molecule has 3 aliphatic rings. The summed E-state index contributed by atoms with van der Waals surface area (Å²) in [7, 11) is 0. The number of piperidine rings is 1. The van der Waals surface area contributed by atoms with Crippen molar-refractivity contribution < 1.29 is 9.47 Å². The first-order chi connectivity index (χ1) is 11.9. The van der Waals surface area contributed by atoms with Crippen LogP contribution in [-0.2, 0) is 9.47 Å². The van der Waals surface area contributed by atoms with Crippen LogP contribution in [0.2, 0.25) is 0 Å². The van der Waals surface area contributed by atoms with Crippen molar-refractivity contribution in [2.24, 2.45) is 0 Å². The van der Waals surface area contributed by atoms with E-state index >= 15 is 0 Å². The highest BCUT2D eigenvalue weighted by Crippen LogP contribution is 2.23. The van der Waals surface area contributed by atoms with Crippen LogP contribution in [0.15, 0.2) is 0 Å². The van der Waals surface area contributed by atoms with Gasteiger partial charge in [0.05, 0.1) is 26.4 Å². The number of hydrogen-bond donors (Lipinski definition) is 0. The molecular formula is C16H27ClN6O2. The molecule has 3 aliphatic heterocycles. The Morgan fingerprint density at radius 2 is 0.880 bits per heavy atom. The second kappa shape index (κ2) is 8.82. The molecule has 1 aromatic rings. The summed E-state index contributed by atoms with van der Waals surface area (Å²) in [5.74, 6) is 2.40. The minimum atomic E-state index is 0. The maximum atomic E-state index is 5.46. The Labute approximate surface area is 154 Å². The quantitative estimate of drug-likeness (QED) is 0.779. The van der Waals surface area contributed by atoms with Crippen molar-refractivity contribution in [2.75, 3.05) is 80.4 Å². The monoisotopic (exact) mass is 370 g/mol. The maximum absolute atomic E-state index is 5.46. The Kier molecular flexibility index (Phi) is 6.50. The molecule has 0 aliphatic carbocycles. The van der Waals surface area contributed by atoms with Crippen molar-refractivity contribution in [3.63, 3.8) is 0 Å². The van der Waals surface area contributed by atoms with Gasteiger partial charge in [-0.25, -0.2) is 0 Å². The highest BCUT2D eigenvalue weighted by atomic mass is 35.5. The lowest BCUT2D eigenvalue weighted by Gasteiger charge is -2.32. The number of nitrogens with zero attached hydrogens (tertiary/aromatic N) is 6. The van der Waals surface area contributed by atoms with E-state index in [1.165, 1.54) is 19.3 Å². The summed E-state index contributed by atoms with van der Waals surface area (Å²) in [4.78, 5) is 21.1. The van der Waals surface area contributed by atoms with Crippen LogP contribution in [0.1, 0.15) is 19.3 Å². The predicted molar refractivity (Wildman–Crippen MR) is 99.2 cm³/mol. The Balaban J connectivity index is 0.00000182. The Morgan fingerprint density at radius 3 is 1.28 bits per heavy atom. The zero-order valence-corrected chi connectivity index (χ0v) is 15.4. The summed E-state index contributed by atoms with van der Waals surface area (Å²) in [6.07, 6.45) is 3.73. The number of ether oxygens (including phenoxy) is 2. The van der Waals surface area contributed by atoms with Gasteiger partial charge in [-0.05, 0) is 19.3 Å².